The lowest BCUT2D eigenvalue weighted by molar-refractivity contribution is -0.133. The highest BCUT2D eigenvalue weighted by atomic mass is 35.5. The van der Waals surface area contributed by atoms with Crippen LogP contribution in [0.1, 0.15) is 77.2 Å². The lowest BCUT2D eigenvalue weighted by Crippen LogP contribution is -2.56. The molecule has 7 heteroatoms. The van der Waals surface area contributed by atoms with Gasteiger partial charge in [-0.25, -0.2) is 0 Å². The van der Waals surface area contributed by atoms with Crippen LogP contribution < -0.4 is 4.74 Å². The first kappa shape index (κ1) is 27.3. The number of unbranched alkanes of at least 4 members (excludes halogenated alkanes) is 6. The Kier molecular flexibility index (Phi) is 12.5. The van der Waals surface area contributed by atoms with E-state index in [1.165, 1.54) is 41.9 Å². The molecule has 0 aliphatic carbocycles. The summed E-state index contributed by atoms with van der Waals surface area (Å²) in [4.78, 5) is 29.2. The van der Waals surface area contributed by atoms with E-state index in [9.17, 15) is 9.59 Å². The van der Waals surface area contributed by atoms with Crippen LogP contribution in [0, 0.1) is 0 Å². The number of halogens is 1. The van der Waals surface area contributed by atoms with Crippen LogP contribution in [0.4, 0.5) is 0 Å². The van der Waals surface area contributed by atoms with Gasteiger partial charge in [0.2, 0.25) is 0 Å². The van der Waals surface area contributed by atoms with E-state index in [-0.39, 0.29) is 22.5 Å². The fraction of sp³-hybridized carbons (Fsp3) is 0.577. The van der Waals surface area contributed by atoms with Crippen LogP contribution in [-0.4, -0.2) is 52.3 Å². The van der Waals surface area contributed by atoms with Crippen LogP contribution >= 0.6 is 23.8 Å². The highest BCUT2D eigenvalue weighted by molar-refractivity contribution is 7.80. The molecule has 0 bridgehead atoms. The Morgan fingerprint density at radius 3 is 2.03 bits per heavy atom. The van der Waals surface area contributed by atoms with Crippen LogP contribution in [0.5, 0.6) is 5.75 Å². The summed E-state index contributed by atoms with van der Waals surface area (Å²) >= 11 is 11.3. The number of nitrogens with zero attached hydrogens (tertiary/aromatic N) is 2. The van der Waals surface area contributed by atoms with Gasteiger partial charge in [-0.15, -0.1) is 11.6 Å². The molecule has 1 fully saturated rings. The molecule has 2 rings (SSSR count). The first-order chi connectivity index (χ1) is 16.0. The van der Waals surface area contributed by atoms with Gasteiger partial charge in [-0.2, -0.15) is 0 Å². The number of carbonyl (C=O) groups is 2. The van der Waals surface area contributed by atoms with Gasteiger partial charge in [0.1, 0.15) is 11.3 Å². The van der Waals surface area contributed by atoms with E-state index in [0.717, 1.165) is 30.6 Å². The van der Waals surface area contributed by atoms with Gasteiger partial charge in [-0.1, -0.05) is 64.5 Å². The Hall–Kier alpha value is -1.92. The van der Waals surface area contributed by atoms with E-state index in [1.807, 2.05) is 24.3 Å². The van der Waals surface area contributed by atoms with Crippen molar-refractivity contribution >= 4 is 46.8 Å². The van der Waals surface area contributed by atoms with Gasteiger partial charge < -0.3 is 4.74 Å². The predicted octanol–water partition coefficient (Wildman–Crippen LogP) is 6.19. The normalized spacial score (nSPS) is 15.6. The summed E-state index contributed by atoms with van der Waals surface area (Å²) in [7, 11) is 0. The van der Waals surface area contributed by atoms with Crippen molar-refractivity contribution in [2.24, 2.45) is 0 Å². The molecule has 0 spiro atoms. The van der Waals surface area contributed by atoms with Crippen molar-refractivity contribution in [3.05, 3.63) is 35.4 Å². The Balaban J connectivity index is 2.05. The summed E-state index contributed by atoms with van der Waals surface area (Å²) in [6.07, 6.45) is 11.4. The predicted molar refractivity (Wildman–Crippen MR) is 140 cm³/mol. The molecule has 1 heterocycles. The number of carbonyl (C=O) groups excluding carboxylic acids is 2. The molecule has 1 aromatic rings. The van der Waals surface area contributed by atoms with Crippen LogP contribution in [0.2, 0.25) is 0 Å². The minimum atomic E-state index is -0.355. The molecule has 1 aliphatic rings. The summed E-state index contributed by atoms with van der Waals surface area (Å²) in [6.45, 7) is 5.88. The molecule has 1 saturated heterocycles. The maximum Gasteiger partial charge on any atom is 0.265 e. The molecule has 33 heavy (non-hydrogen) atoms. The highest BCUT2D eigenvalue weighted by Crippen LogP contribution is 2.22. The van der Waals surface area contributed by atoms with Crippen LogP contribution in [0.15, 0.2) is 29.8 Å². The number of ether oxygens (including phenoxy) is 1. The summed E-state index contributed by atoms with van der Waals surface area (Å²) < 4.78 is 5.84. The quantitative estimate of drug-likeness (QED) is 0.0962. The maximum atomic E-state index is 13.1. The largest absolute Gasteiger partial charge is 0.494 e. The molecule has 0 radical (unpaired) electrons. The average molecular weight is 493 g/mol. The number of thiocarbonyl (C=S) groups is 1. The molecule has 0 atom stereocenters. The third-order valence-corrected chi connectivity index (χ3v) is 6.33. The zero-order valence-corrected chi connectivity index (χ0v) is 21.6. The number of benzene rings is 1. The van der Waals surface area contributed by atoms with Gasteiger partial charge in [0.05, 0.1) is 6.61 Å². The second-order valence-corrected chi connectivity index (χ2v) is 9.08. The first-order valence-electron chi connectivity index (χ1n) is 12.2. The van der Waals surface area contributed by atoms with E-state index in [1.54, 1.807) is 6.08 Å². The molecular formula is C26H37ClN2O3S. The van der Waals surface area contributed by atoms with Gasteiger partial charge in [0, 0.05) is 19.0 Å². The molecule has 0 saturated carbocycles. The smallest absolute Gasteiger partial charge is 0.265 e. The zero-order chi connectivity index (χ0) is 24.1. The number of alkyl halides is 1. The molecule has 1 aromatic carbocycles. The molecule has 1 aliphatic heterocycles. The van der Waals surface area contributed by atoms with Crippen molar-refractivity contribution < 1.29 is 14.3 Å². The van der Waals surface area contributed by atoms with Crippen LogP contribution in [-0.2, 0) is 9.59 Å². The summed E-state index contributed by atoms with van der Waals surface area (Å²) in [5, 5.41) is 0.277. The summed E-state index contributed by atoms with van der Waals surface area (Å²) in [6, 6.07) is 7.51. The molecular weight excluding hydrogens is 456 g/mol. The second-order valence-electron chi connectivity index (χ2n) is 8.34. The Morgan fingerprint density at radius 1 is 0.848 bits per heavy atom. The van der Waals surface area contributed by atoms with E-state index in [0.29, 0.717) is 32.0 Å². The third kappa shape index (κ3) is 8.42. The number of rotatable bonds is 15. The zero-order valence-electron chi connectivity index (χ0n) is 20.0. The number of hydrogen-bond donors (Lipinski definition) is 0. The lowest BCUT2D eigenvalue weighted by Gasteiger charge is -2.36. The van der Waals surface area contributed by atoms with Crippen molar-refractivity contribution in [1.82, 2.24) is 9.80 Å². The lowest BCUT2D eigenvalue weighted by atomic mass is 10.1. The summed E-state index contributed by atoms with van der Waals surface area (Å²) in [5.41, 5.74) is 0.911. The van der Waals surface area contributed by atoms with Gasteiger partial charge in [-0.05, 0) is 55.3 Å². The minimum absolute atomic E-state index is 0.134. The Morgan fingerprint density at radius 2 is 1.42 bits per heavy atom. The molecule has 0 aromatic heterocycles. The highest BCUT2D eigenvalue weighted by Gasteiger charge is 2.38. The fourth-order valence-corrected chi connectivity index (χ4v) is 4.12. The van der Waals surface area contributed by atoms with Crippen molar-refractivity contribution in [2.45, 2.75) is 71.6 Å². The molecule has 5 nitrogen and oxygen atoms in total. The summed E-state index contributed by atoms with van der Waals surface area (Å²) in [5.74, 6) is 0.533. The van der Waals surface area contributed by atoms with Crippen molar-refractivity contribution in [1.29, 1.82) is 0 Å². The monoisotopic (exact) mass is 492 g/mol. The SMILES string of the molecule is CCCCCCCCOc1ccc(C=C2C(=O)N(CCCC)C(=S)N(CCCCl)C2=O)cc1. The number of amides is 2. The van der Waals surface area contributed by atoms with Gasteiger partial charge in [0.15, 0.2) is 5.11 Å². The van der Waals surface area contributed by atoms with Gasteiger partial charge in [-0.3, -0.25) is 19.4 Å². The number of hydrogen-bond acceptors (Lipinski definition) is 4. The molecule has 182 valence electrons. The van der Waals surface area contributed by atoms with E-state index >= 15 is 0 Å². The van der Waals surface area contributed by atoms with Crippen LogP contribution in [0.25, 0.3) is 6.08 Å². The fourth-order valence-electron chi connectivity index (χ4n) is 3.65. The molecule has 0 N–H and O–H groups in total. The maximum absolute atomic E-state index is 13.1. The van der Waals surface area contributed by atoms with E-state index < -0.39 is 0 Å². The third-order valence-electron chi connectivity index (χ3n) is 5.62. The van der Waals surface area contributed by atoms with E-state index in [4.69, 9.17) is 28.6 Å². The van der Waals surface area contributed by atoms with Gasteiger partial charge >= 0.3 is 0 Å². The molecule has 2 amide bonds. The topological polar surface area (TPSA) is 49.9 Å². The van der Waals surface area contributed by atoms with Crippen molar-refractivity contribution in [3.63, 3.8) is 0 Å². The second kappa shape index (κ2) is 15.1. The van der Waals surface area contributed by atoms with Crippen LogP contribution in [0.3, 0.4) is 0 Å². The van der Waals surface area contributed by atoms with Crippen molar-refractivity contribution in [2.75, 3.05) is 25.6 Å². The minimum Gasteiger partial charge on any atom is -0.494 e. The average Bonchev–Trinajstić information content (AvgIpc) is 2.82. The Bertz CT molecular complexity index is 778. The standard InChI is InChI=1S/C26H37ClN2O3S/c1-3-5-7-8-9-10-19-32-22-14-12-21(13-15-22)20-23-24(30)28(17-6-4-2)26(33)29(25(23)31)18-11-16-27/h12-15,20H,3-11,16-19H2,1-2H3. The first-order valence-corrected chi connectivity index (χ1v) is 13.2. The van der Waals surface area contributed by atoms with E-state index in [2.05, 4.69) is 13.8 Å². The molecule has 0 unspecified atom stereocenters. The van der Waals surface area contributed by atoms with Gasteiger partial charge in [0.25, 0.3) is 11.8 Å². The van der Waals surface area contributed by atoms with Crippen molar-refractivity contribution in [3.8, 4) is 5.75 Å². The Labute approximate surface area is 209 Å².